The Balaban J connectivity index is 3.11. The molecule has 0 aliphatic rings. The van der Waals surface area contributed by atoms with Gasteiger partial charge in [-0.2, -0.15) is 13.2 Å². The fourth-order valence-corrected chi connectivity index (χ4v) is 1.55. The zero-order chi connectivity index (χ0) is 13.1. The molecule has 0 saturated carbocycles. The molecule has 17 heavy (non-hydrogen) atoms. The lowest BCUT2D eigenvalue weighted by molar-refractivity contribution is -0.138. The molecule has 0 bridgehead atoms. The van der Waals surface area contributed by atoms with Crippen LogP contribution < -0.4 is 11.3 Å². The molecule has 1 rings (SSSR count). The molecule has 1 aromatic rings. The predicted molar refractivity (Wildman–Crippen MR) is 57.9 cm³/mol. The Bertz CT molecular complexity index is 365. The van der Waals surface area contributed by atoms with Crippen LogP contribution in [-0.2, 0) is 6.18 Å². The Morgan fingerprint density at radius 1 is 1.47 bits per heavy atom. The van der Waals surface area contributed by atoms with E-state index in [-0.39, 0.29) is 5.56 Å². The summed E-state index contributed by atoms with van der Waals surface area (Å²) in [4.78, 5) is 5.47. The molecule has 96 valence electrons. The van der Waals surface area contributed by atoms with Gasteiger partial charge in [-0.1, -0.05) is 0 Å². The van der Waals surface area contributed by atoms with E-state index in [2.05, 4.69) is 10.4 Å². The third-order valence-electron chi connectivity index (χ3n) is 2.28. The normalized spacial score (nSPS) is 14.1. The maximum absolute atomic E-state index is 12.8. The summed E-state index contributed by atoms with van der Waals surface area (Å²) in [5.41, 5.74) is 1.72. The van der Waals surface area contributed by atoms with E-state index in [1.807, 2.05) is 0 Å². The van der Waals surface area contributed by atoms with Crippen molar-refractivity contribution in [3.63, 3.8) is 0 Å². The molecule has 1 unspecified atom stereocenters. The number of pyridine rings is 1. The molecule has 0 spiro atoms. The van der Waals surface area contributed by atoms with E-state index >= 15 is 0 Å². The van der Waals surface area contributed by atoms with Gasteiger partial charge in [0.2, 0.25) is 0 Å². The van der Waals surface area contributed by atoms with Crippen LogP contribution in [0.15, 0.2) is 18.5 Å². The summed E-state index contributed by atoms with van der Waals surface area (Å²) in [5, 5.41) is 0. The SMILES string of the molecule is CN(C)CC(NN)c1cnccc1C(F)(F)F. The molecule has 0 radical (unpaired) electrons. The summed E-state index contributed by atoms with van der Waals surface area (Å²) in [5.74, 6) is 5.29. The summed E-state index contributed by atoms with van der Waals surface area (Å²) in [6.07, 6.45) is -2.09. The molecule has 1 heterocycles. The highest BCUT2D eigenvalue weighted by molar-refractivity contribution is 5.29. The van der Waals surface area contributed by atoms with Crippen molar-refractivity contribution >= 4 is 0 Å². The fraction of sp³-hybridized carbons (Fsp3) is 0.500. The topological polar surface area (TPSA) is 54.2 Å². The highest BCUT2D eigenvalue weighted by atomic mass is 19.4. The number of nitrogens with zero attached hydrogens (tertiary/aromatic N) is 2. The molecule has 0 aliphatic carbocycles. The van der Waals surface area contributed by atoms with E-state index in [0.717, 1.165) is 12.3 Å². The first-order chi connectivity index (χ1) is 7.86. The smallest absolute Gasteiger partial charge is 0.307 e. The number of alkyl halides is 3. The van der Waals surface area contributed by atoms with Crippen molar-refractivity contribution in [3.8, 4) is 0 Å². The van der Waals surface area contributed by atoms with Crippen molar-refractivity contribution in [1.29, 1.82) is 0 Å². The minimum Gasteiger partial charge on any atom is -0.307 e. The number of aromatic nitrogens is 1. The number of hydrogen-bond donors (Lipinski definition) is 2. The zero-order valence-electron chi connectivity index (χ0n) is 9.62. The summed E-state index contributed by atoms with van der Waals surface area (Å²) in [6.45, 7) is 0.352. The number of hydrogen-bond acceptors (Lipinski definition) is 4. The van der Waals surface area contributed by atoms with E-state index in [1.54, 1.807) is 19.0 Å². The van der Waals surface area contributed by atoms with Crippen molar-refractivity contribution < 1.29 is 13.2 Å². The van der Waals surface area contributed by atoms with Crippen LogP contribution >= 0.6 is 0 Å². The van der Waals surface area contributed by atoms with Gasteiger partial charge in [-0.15, -0.1) is 0 Å². The van der Waals surface area contributed by atoms with Gasteiger partial charge in [0.05, 0.1) is 11.6 Å². The summed E-state index contributed by atoms with van der Waals surface area (Å²) in [6, 6.07) is 0.338. The maximum atomic E-state index is 12.8. The molecule has 0 saturated heterocycles. The summed E-state index contributed by atoms with van der Waals surface area (Å²) < 4.78 is 38.3. The molecule has 1 aromatic heterocycles. The Kier molecular flexibility index (Phi) is 4.44. The van der Waals surface area contributed by atoms with Crippen LogP contribution in [0.3, 0.4) is 0 Å². The number of likely N-dealkylation sites (N-methyl/N-ethyl adjacent to an activating group) is 1. The van der Waals surface area contributed by atoms with Crippen LogP contribution in [0, 0.1) is 0 Å². The van der Waals surface area contributed by atoms with Crippen LogP contribution in [0.2, 0.25) is 0 Å². The molecule has 3 N–H and O–H groups in total. The van der Waals surface area contributed by atoms with Crippen molar-refractivity contribution in [2.24, 2.45) is 5.84 Å². The van der Waals surface area contributed by atoms with Crippen molar-refractivity contribution in [3.05, 3.63) is 29.6 Å². The van der Waals surface area contributed by atoms with E-state index in [4.69, 9.17) is 5.84 Å². The Hall–Kier alpha value is -1.18. The van der Waals surface area contributed by atoms with E-state index < -0.39 is 17.8 Å². The standard InChI is InChI=1S/C10H15F3N4/c1-17(2)6-9(16-14)7-5-15-4-3-8(7)10(11,12)13/h3-5,9,16H,6,14H2,1-2H3. The first kappa shape index (κ1) is 13.9. The number of rotatable bonds is 4. The third-order valence-corrected chi connectivity index (χ3v) is 2.28. The maximum Gasteiger partial charge on any atom is 0.416 e. The summed E-state index contributed by atoms with van der Waals surface area (Å²) in [7, 11) is 3.52. The summed E-state index contributed by atoms with van der Waals surface area (Å²) >= 11 is 0. The monoisotopic (exact) mass is 248 g/mol. The Morgan fingerprint density at radius 3 is 2.59 bits per heavy atom. The molecule has 0 aromatic carbocycles. The van der Waals surface area contributed by atoms with Gasteiger partial charge >= 0.3 is 6.18 Å². The second kappa shape index (κ2) is 5.44. The van der Waals surface area contributed by atoms with E-state index in [0.29, 0.717) is 6.54 Å². The average molecular weight is 248 g/mol. The number of halogens is 3. The highest BCUT2D eigenvalue weighted by Crippen LogP contribution is 2.33. The zero-order valence-corrected chi connectivity index (χ0v) is 9.62. The van der Waals surface area contributed by atoms with E-state index in [1.165, 1.54) is 6.20 Å². The predicted octanol–water partition coefficient (Wildman–Crippen LogP) is 1.17. The van der Waals surface area contributed by atoms with Gasteiger partial charge in [0.15, 0.2) is 0 Å². The highest BCUT2D eigenvalue weighted by Gasteiger charge is 2.35. The molecule has 0 fully saturated rings. The van der Waals surface area contributed by atoms with Crippen LogP contribution in [0.5, 0.6) is 0 Å². The van der Waals surface area contributed by atoms with Gasteiger partial charge in [0.25, 0.3) is 0 Å². The minimum absolute atomic E-state index is 0.0520. The van der Waals surface area contributed by atoms with Crippen LogP contribution in [0.1, 0.15) is 17.2 Å². The lowest BCUT2D eigenvalue weighted by atomic mass is 10.0. The van der Waals surface area contributed by atoms with Crippen LogP contribution in [0.25, 0.3) is 0 Å². The average Bonchev–Trinajstić information content (AvgIpc) is 2.24. The van der Waals surface area contributed by atoms with Crippen molar-refractivity contribution in [2.75, 3.05) is 20.6 Å². The van der Waals surface area contributed by atoms with Crippen LogP contribution in [-0.4, -0.2) is 30.5 Å². The van der Waals surface area contributed by atoms with Gasteiger partial charge in [0.1, 0.15) is 0 Å². The molecule has 0 aliphatic heterocycles. The largest absolute Gasteiger partial charge is 0.416 e. The van der Waals surface area contributed by atoms with Gasteiger partial charge in [-0.3, -0.25) is 16.3 Å². The fourth-order valence-electron chi connectivity index (χ4n) is 1.55. The van der Waals surface area contributed by atoms with E-state index in [9.17, 15) is 13.2 Å². The van der Waals surface area contributed by atoms with Crippen molar-refractivity contribution in [1.82, 2.24) is 15.3 Å². The molecule has 0 amide bonds. The first-order valence-corrected chi connectivity index (χ1v) is 4.98. The number of nitrogens with two attached hydrogens (primary N) is 1. The molecular formula is C10H15F3N4. The quantitative estimate of drug-likeness (QED) is 0.620. The van der Waals surface area contributed by atoms with Gasteiger partial charge in [-0.05, 0) is 20.2 Å². The molecule has 7 heteroatoms. The second-order valence-electron chi connectivity index (χ2n) is 3.94. The van der Waals surface area contributed by atoms with Crippen molar-refractivity contribution in [2.45, 2.75) is 12.2 Å². The molecule has 4 nitrogen and oxygen atoms in total. The van der Waals surface area contributed by atoms with Gasteiger partial charge in [-0.25, -0.2) is 0 Å². The minimum atomic E-state index is -4.40. The third kappa shape index (κ3) is 3.65. The Morgan fingerprint density at radius 2 is 2.12 bits per heavy atom. The van der Waals surface area contributed by atoms with Gasteiger partial charge < -0.3 is 4.90 Å². The lowest BCUT2D eigenvalue weighted by Gasteiger charge is -2.23. The van der Waals surface area contributed by atoms with Gasteiger partial charge in [0, 0.05) is 24.5 Å². The number of nitrogens with one attached hydrogen (secondary N) is 1. The molecule has 1 atom stereocenters. The van der Waals surface area contributed by atoms with Crippen LogP contribution in [0.4, 0.5) is 13.2 Å². The Labute approximate surface area is 97.6 Å². The molecular weight excluding hydrogens is 233 g/mol. The number of hydrazine groups is 1. The lowest BCUT2D eigenvalue weighted by Crippen LogP contribution is -2.36. The second-order valence-corrected chi connectivity index (χ2v) is 3.94. The first-order valence-electron chi connectivity index (χ1n) is 4.98.